The Bertz CT molecular complexity index is 2840. The molecule has 11 heteroatoms. The quantitative estimate of drug-likeness (QED) is 0.0888. The topological polar surface area (TPSA) is 135 Å². The first kappa shape index (κ1) is 38.8. The number of anilines is 3. The van der Waals surface area contributed by atoms with Gasteiger partial charge in [0.1, 0.15) is 5.75 Å². The third-order valence-corrected chi connectivity index (χ3v) is 13.4. The largest absolute Gasteiger partial charge is 0.507 e. The number of imide groups is 2. The number of allylic oxidation sites excluding steroid dienone is 2. The number of benzene rings is 6. The van der Waals surface area contributed by atoms with Crippen LogP contribution in [0.1, 0.15) is 35.4 Å². The normalized spacial score (nSPS) is 24.3. The summed E-state index contributed by atoms with van der Waals surface area (Å²) in [6.45, 7) is 1.97. The van der Waals surface area contributed by atoms with Crippen molar-refractivity contribution in [3.8, 4) is 5.75 Å². The monoisotopic (exact) mass is 820 g/mol. The number of carbonyl (C=O) groups is 4. The van der Waals surface area contributed by atoms with E-state index in [1.54, 1.807) is 30.3 Å². The molecule has 2 saturated heterocycles. The van der Waals surface area contributed by atoms with Crippen molar-refractivity contribution in [3.05, 3.63) is 168 Å². The number of amides is 4. The lowest BCUT2D eigenvalue weighted by molar-refractivity contribution is -0.138. The van der Waals surface area contributed by atoms with E-state index in [1.807, 2.05) is 135 Å². The molecule has 2 heterocycles. The highest BCUT2D eigenvalue weighted by atomic mass is 16.3. The third kappa shape index (κ3) is 6.01. The number of aryl methyl sites for hydroxylation is 1. The van der Waals surface area contributed by atoms with Crippen LogP contribution in [0.25, 0.3) is 10.8 Å². The van der Waals surface area contributed by atoms with Crippen LogP contribution in [0.5, 0.6) is 5.75 Å². The number of nitrogens with zero attached hydrogens (tertiary/aromatic N) is 5. The van der Waals surface area contributed by atoms with Gasteiger partial charge < -0.3 is 10.0 Å². The highest BCUT2D eigenvalue weighted by molar-refractivity contribution is 6.22. The molecule has 4 amide bonds. The van der Waals surface area contributed by atoms with Crippen molar-refractivity contribution in [2.45, 2.75) is 31.1 Å². The fourth-order valence-corrected chi connectivity index (χ4v) is 10.5. The molecule has 0 bridgehead atoms. The summed E-state index contributed by atoms with van der Waals surface area (Å²) in [7, 11) is 3.94. The number of nitrogens with one attached hydrogen (secondary N) is 1. The van der Waals surface area contributed by atoms with E-state index in [0.29, 0.717) is 33.7 Å². The zero-order valence-corrected chi connectivity index (χ0v) is 34.5. The smallest absolute Gasteiger partial charge is 0.260 e. The first-order valence-corrected chi connectivity index (χ1v) is 20.9. The number of aromatic hydroxyl groups is 1. The molecule has 0 spiro atoms. The molecule has 3 fully saturated rings. The summed E-state index contributed by atoms with van der Waals surface area (Å²) in [6, 6.07) is 42.5. The Hall–Kier alpha value is -7.40. The van der Waals surface area contributed by atoms with Gasteiger partial charge in [0.25, 0.3) is 11.8 Å². The van der Waals surface area contributed by atoms with Crippen molar-refractivity contribution < 1.29 is 24.3 Å². The summed E-state index contributed by atoms with van der Waals surface area (Å²) in [6.07, 6.45) is 2.51. The van der Waals surface area contributed by atoms with Gasteiger partial charge in [-0.05, 0) is 109 Å². The summed E-state index contributed by atoms with van der Waals surface area (Å²) < 4.78 is 0. The summed E-state index contributed by atoms with van der Waals surface area (Å²) >= 11 is 0. The van der Waals surface area contributed by atoms with Gasteiger partial charge in [0.15, 0.2) is 0 Å². The minimum Gasteiger partial charge on any atom is -0.507 e. The maximum Gasteiger partial charge on any atom is 0.260 e. The predicted octanol–water partition coefficient (Wildman–Crippen LogP) is 9.52. The molecule has 11 nitrogen and oxygen atoms in total. The maximum absolute atomic E-state index is 15.6. The number of rotatable bonds is 8. The fraction of sp³-hybridized carbons (Fsp3) is 0.216. The number of hydrazine groups is 1. The Morgan fingerprint density at radius 2 is 1.34 bits per heavy atom. The van der Waals surface area contributed by atoms with Crippen molar-refractivity contribution >= 4 is 62.8 Å². The zero-order chi connectivity index (χ0) is 42.9. The minimum atomic E-state index is -1.44. The fourth-order valence-electron chi connectivity index (χ4n) is 10.5. The van der Waals surface area contributed by atoms with Gasteiger partial charge in [-0.2, -0.15) is 15.2 Å². The molecule has 6 atom stereocenters. The first-order chi connectivity index (χ1) is 30.1. The zero-order valence-electron chi connectivity index (χ0n) is 34.5. The van der Waals surface area contributed by atoms with E-state index in [0.717, 1.165) is 27.8 Å². The molecule has 4 aliphatic rings. The number of fused-ring (bicyclic) bond motifs is 5. The van der Waals surface area contributed by atoms with Gasteiger partial charge in [0, 0.05) is 31.1 Å². The van der Waals surface area contributed by atoms with Crippen LogP contribution in [-0.2, 0) is 24.6 Å². The summed E-state index contributed by atoms with van der Waals surface area (Å²) in [5.41, 5.74) is 8.36. The van der Waals surface area contributed by atoms with Crippen LogP contribution in [0.15, 0.2) is 161 Å². The second-order valence-corrected chi connectivity index (χ2v) is 17.0. The van der Waals surface area contributed by atoms with E-state index < -0.39 is 46.8 Å². The van der Waals surface area contributed by atoms with Gasteiger partial charge in [-0.25, -0.2) is 0 Å². The molecule has 308 valence electrons. The lowest BCUT2D eigenvalue weighted by Crippen LogP contribution is -2.53. The number of phenols is 1. The van der Waals surface area contributed by atoms with Crippen molar-refractivity contribution in [2.75, 3.05) is 29.3 Å². The second kappa shape index (κ2) is 14.9. The molecule has 1 saturated carbocycles. The molecule has 0 aromatic heterocycles. The Labute approximate surface area is 359 Å². The van der Waals surface area contributed by atoms with Crippen LogP contribution in [0.3, 0.4) is 0 Å². The van der Waals surface area contributed by atoms with Gasteiger partial charge >= 0.3 is 0 Å². The summed E-state index contributed by atoms with van der Waals surface area (Å²) in [5.74, 6) is -4.96. The van der Waals surface area contributed by atoms with Gasteiger partial charge in [0.05, 0.1) is 45.9 Å². The van der Waals surface area contributed by atoms with Crippen LogP contribution < -0.4 is 15.2 Å². The molecule has 2 N–H and O–H groups in total. The molecule has 2 aliphatic heterocycles. The molecule has 10 rings (SSSR count). The van der Waals surface area contributed by atoms with Crippen LogP contribution in [0, 0.1) is 30.6 Å². The SMILES string of the molecule is Cc1ccc(NN2C(=O)[C@@H]3C[C@@H]4C(=CC[C@@H]5C(=O)N(c6ccc(N=Nc7ccc(N(C)C)cc7)cc6)C(=O)[C@@H]54)[C@H](c4ccc(O)c5ccccc45)[C@]3(c3ccccc3)C2=O)cc1. The molecule has 6 aromatic rings. The highest BCUT2D eigenvalue weighted by Gasteiger charge is 2.70. The Kier molecular flexibility index (Phi) is 9.35. The molecule has 0 unspecified atom stereocenters. The van der Waals surface area contributed by atoms with Crippen molar-refractivity contribution in [2.24, 2.45) is 33.9 Å². The van der Waals surface area contributed by atoms with E-state index in [4.69, 9.17) is 0 Å². The summed E-state index contributed by atoms with van der Waals surface area (Å²) in [4.78, 5) is 63.4. The van der Waals surface area contributed by atoms with Crippen molar-refractivity contribution in [1.29, 1.82) is 0 Å². The highest BCUT2D eigenvalue weighted by Crippen LogP contribution is 2.65. The van der Waals surface area contributed by atoms with Gasteiger partial charge in [-0.3, -0.25) is 29.5 Å². The van der Waals surface area contributed by atoms with Crippen LogP contribution in [0.2, 0.25) is 0 Å². The number of phenolic OH excluding ortho intramolecular Hbond substituents is 1. The first-order valence-electron chi connectivity index (χ1n) is 20.9. The molecule has 2 aliphatic carbocycles. The van der Waals surface area contributed by atoms with Crippen molar-refractivity contribution in [1.82, 2.24) is 5.01 Å². The molecular formula is C51H44N6O5. The van der Waals surface area contributed by atoms with E-state index in [9.17, 15) is 14.7 Å². The molecule has 6 aromatic carbocycles. The number of hydrogen-bond acceptors (Lipinski definition) is 9. The van der Waals surface area contributed by atoms with Gasteiger partial charge in [-0.15, -0.1) is 0 Å². The van der Waals surface area contributed by atoms with Crippen LogP contribution in [0.4, 0.5) is 28.4 Å². The average molecular weight is 821 g/mol. The summed E-state index contributed by atoms with van der Waals surface area (Å²) in [5, 5.41) is 22.4. The number of hydrogen-bond donors (Lipinski definition) is 2. The minimum absolute atomic E-state index is 0.0922. The van der Waals surface area contributed by atoms with Crippen molar-refractivity contribution in [3.63, 3.8) is 0 Å². The molecule has 62 heavy (non-hydrogen) atoms. The lowest BCUT2D eigenvalue weighted by Gasteiger charge is -2.51. The van der Waals surface area contributed by atoms with E-state index in [1.165, 1.54) is 9.91 Å². The maximum atomic E-state index is 15.6. The van der Waals surface area contributed by atoms with Gasteiger partial charge in [0.2, 0.25) is 11.8 Å². The van der Waals surface area contributed by atoms with E-state index in [2.05, 4.69) is 21.7 Å². The average Bonchev–Trinajstić information content (AvgIpc) is 3.67. The number of carbonyl (C=O) groups excluding carboxylic acids is 4. The Morgan fingerprint density at radius 3 is 2.02 bits per heavy atom. The Morgan fingerprint density at radius 1 is 0.694 bits per heavy atom. The Balaban J connectivity index is 1.06. The lowest BCUT2D eigenvalue weighted by atomic mass is 9.49. The third-order valence-electron chi connectivity index (χ3n) is 13.4. The van der Waals surface area contributed by atoms with Gasteiger partial charge in [-0.1, -0.05) is 90.0 Å². The van der Waals surface area contributed by atoms with Crippen LogP contribution >= 0.6 is 0 Å². The standard InChI is InChI=1S/C51H44N6O5/c1-30-13-15-34(16-14-30)54-57-48(60)43-29-42-40(46(51(43,50(57)62)31-9-5-4-6-10-31)39-27-28-44(58)38-12-8-7-11-37(38)39)25-26-41-45(42)49(61)56(47(41)59)36-23-19-33(20-24-36)53-52-32-17-21-35(22-18-32)55(2)3/h4-25,27-28,41-43,45-46,54,58H,26,29H2,1-3H3/t41-,42+,43-,45-,46-,51+/m0/s1. The van der Waals surface area contributed by atoms with E-state index in [-0.39, 0.29) is 30.4 Å². The molecular weight excluding hydrogens is 777 g/mol. The predicted molar refractivity (Wildman–Crippen MR) is 238 cm³/mol. The second-order valence-electron chi connectivity index (χ2n) is 17.0. The molecule has 0 radical (unpaired) electrons. The van der Waals surface area contributed by atoms with E-state index >= 15 is 9.59 Å². The van der Waals surface area contributed by atoms with Crippen LogP contribution in [-0.4, -0.2) is 47.8 Å². The number of azo groups is 1.